The molecule has 0 N–H and O–H groups in total. The molecule has 0 radical (unpaired) electrons. The Labute approximate surface area is 186 Å². The van der Waals surface area contributed by atoms with E-state index in [-0.39, 0.29) is 16.5 Å². The third kappa shape index (κ3) is 3.75. The van der Waals surface area contributed by atoms with Crippen LogP contribution in [0.2, 0.25) is 0 Å². The molecule has 4 rings (SSSR count). The van der Waals surface area contributed by atoms with E-state index in [1.807, 2.05) is 48.5 Å². The number of rotatable bonds is 2. The lowest BCUT2D eigenvalue weighted by molar-refractivity contribution is 0.00578. The average molecular weight is 440 g/mol. The van der Waals surface area contributed by atoms with Gasteiger partial charge in [-0.15, -0.1) is 0 Å². The lowest BCUT2D eigenvalue weighted by atomic mass is 9.79. The molecule has 0 aliphatic carbocycles. The Morgan fingerprint density at radius 3 is 2.19 bits per heavy atom. The van der Waals surface area contributed by atoms with Crippen molar-refractivity contribution in [3.63, 3.8) is 0 Å². The Morgan fingerprint density at radius 1 is 0.969 bits per heavy atom. The van der Waals surface area contributed by atoms with E-state index < -0.39 is 35.5 Å². The van der Waals surface area contributed by atoms with Gasteiger partial charge >= 0.3 is 7.12 Å². The molecule has 1 aliphatic rings. The smallest absolute Gasteiger partial charge is 0.399 e. The van der Waals surface area contributed by atoms with Gasteiger partial charge in [0.2, 0.25) is 0 Å². The van der Waals surface area contributed by atoms with Crippen LogP contribution in [0.25, 0.3) is 16.5 Å². The maximum Gasteiger partial charge on any atom is 0.495 e. The minimum Gasteiger partial charge on any atom is -0.399 e. The molecular formula is C24H27BF2N2O3. The van der Waals surface area contributed by atoms with Gasteiger partial charge in [-0.1, -0.05) is 20.8 Å². The minimum absolute atomic E-state index is 0.0885. The second-order valence-electron chi connectivity index (χ2n) is 10.4. The second kappa shape index (κ2) is 7.22. The molecule has 2 aromatic carbocycles. The zero-order valence-corrected chi connectivity index (χ0v) is 19.4. The zero-order chi connectivity index (χ0) is 23.6. The van der Waals surface area contributed by atoms with Crippen LogP contribution in [-0.4, -0.2) is 28.1 Å². The maximum atomic E-state index is 15.0. The van der Waals surface area contributed by atoms with E-state index in [0.717, 1.165) is 10.2 Å². The molecule has 0 atom stereocenters. The highest BCUT2D eigenvalue weighted by Crippen LogP contribution is 2.36. The summed E-state index contributed by atoms with van der Waals surface area (Å²) in [7, 11) is -0.809. The van der Waals surface area contributed by atoms with Gasteiger partial charge in [-0.2, -0.15) is 9.78 Å². The molecule has 1 fully saturated rings. The number of halogens is 2. The van der Waals surface area contributed by atoms with Gasteiger partial charge in [-0.3, -0.25) is 4.79 Å². The van der Waals surface area contributed by atoms with Gasteiger partial charge in [0.15, 0.2) is 0 Å². The topological polar surface area (TPSA) is 53.4 Å². The average Bonchev–Trinajstić information content (AvgIpc) is 2.88. The summed E-state index contributed by atoms with van der Waals surface area (Å²) in [6.07, 6.45) is 1.43. The minimum atomic E-state index is -0.809. The van der Waals surface area contributed by atoms with Crippen molar-refractivity contribution in [1.29, 1.82) is 0 Å². The van der Waals surface area contributed by atoms with Crippen LogP contribution < -0.4 is 11.0 Å². The zero-order valence-electron chi connectivity index (χ0n) is 19.4. The molecule has 168 valence electrons. The van der Waals surface area contributed by atoms with Crippen molar-refractivity contribution in [2.45, 2.75) is 65.1 Å². The number of benzene rings is 2. The normalized spacial score (nSPS) is 17.8. The summed E-state index contributed by atoms with van der Waals surface area (Å²) >= 11 is 0. The first-order valence-corrected chi connectivity index (χ1v) is 10.6. The van der Waals surface area contributed by atoms with E-state index in [1.54, 1.807) is 12.1 Å². The van der Waals surface area contributed by atoms with E-state index >= 15 is 0 Å². The van der Waals surface area contributed by atoms with Gasteiger partial charge in [0.25, 0.3) is 5.56 Å². The molecule has 1 aromatic heterocycles. The van der Waals surface area contributed by atoms with E-state index in [1.165, 1.54) is 24.4 Å². The van der Waals surface area contributed by atoms with Crippen molar-refractivity contribution in [3.8, 4) is 5.69 Å². The van der Waals surface area contributed by atoms with Crippen molar-refractivity contribution in [2.75, 3.05) is 0 Å². The van der Waals surface area contributed by atoms with Crippen LogP contribution in [0.1, 0.15) is 54.0 Å². The number of aromatic nitrogens is 2. The lowest BCUT2D eigenvalue weighted by Crippen LogP contribution is -2.41. The second-order valence-corrected chi connectivity index (χ2v) is 10.4. The van der Waals surface area contributed by atoms with Crippen molar-refractivity contribution in [3.05, 3.63) is 64.1 Å². The molecule has 0 spiro atoms. The van der Waals surface area contributed by atoms with Crippen molar-refractivity contribution >= 4 is 23.4 Å². The molecule has 5 nitrogen and oxygen atoms in total. The van der Waals surface area contributed by atoms with Gasteiger partial charge in [-0.05, 0) is 74.5 Å². The number of hydrogen-bond donors (Lipinski definition) is 0. The summed E-state index contributed by atoms with van der Waals surface area (Å²) in [6, 6.07) is 7.19. The highest BCUT2D eigenvalue weighted by Gasteiger charge is 2.51. The fourth-order valence-corrected chi connectivity index (χ4v) is 3.68. The van der Waals surface area contributed by atoms with E-state index in [4.69, 9.17) is 9.31 Å². The summed E-state index contributed by atoms with van der Waals surface area (Å²) < 4.78 is 42.5. The van der Waals surface area contributed by atoms with Gasteiger partial charge in [0.1, 0.15) is 11.6 Å². The number of nitrogens with zero attached hydrogens (tertiary/aromatic N) is 2. The van der Waals surface area contributed by atoms with Crippen LogP contribution in [0.3, 0.4) is 0 Å². The molecule has 1 aliphatic heterocycles. The van der Waals surface area contributed by atoms with Crippen LogP contribution >= 0.6 is 0 Å². The highest BCUT2D eigenvalue weighted by molar-refractivity contribution is 6.62. The van der Waals surface area contributed by atoms with Gasteiger partial charge in [0, 0.05) is 5.39 Å². The molecule has 0 bridgehead atoms. The molecule has 8 heteroatoms. The Hall–Kier alpha value is -2.58. The van der Waals surface area contributed by atoms with Crippen molar-refractivity contribution in [1.82, 2.24) is 9.78 Å². The predicted octanol–water partition coefficient (Wildman–Crippen LogP) is 4.26. The standard InChI is InChI=1S/C24H27BF2N2O3/c1-22(2,3)15-8-14-13-28-29(21(30)20(14)19(27)9-15)18-11-16(10-17(26)12-18)25-31-23(4,5)24(6,7)32-25/h8-13H,1-7H3. The molecule has 1 saturated heterocycles. The number of fused-ring (bicyclic) bond motifs is 1. The van der Waals surface area contributed by atoms with E-state index in [0.29, 0.717) is 10.8 Å². The monoisotopic (exact) mass is 440 g/mol. The summed E-state index contributed by atoms with van der Waals surface area (Å²) in [5.41, 5.74) is -0.811. The van der Waals surface area contributed by atoms with Crippen LogP contribution in [0.5, 0.6) is 0 Å². The molecule has 0 saturated carbocycles. The molecule has 32 heavy (non-hydrogen) atoms. The Bertz CT molecular complexity index is 1260. The van der Waals surface area contributed by atoms with Crippen LogP contribution in [-0.2, 0) is 14.7 Å². The van der Waals surface area contributed by atoms with Gasteiger partial charge in [-0.25, -0.2) is 8.78 Å². The summed E-state index contributed by atoms with van der Waals surface area (Å²) in [5, 5.41) is 4.51. The molecule has 0 amide bonds. The first kappa shape index (κ1) is 22.6. The predicted molar refractivity (Wildman–Crippen MR) is 122 cm³/mol. The van der Waals surface area contributed by atoms with Crippen LogP contribution in [0.15, 0.2) is 41.3 Å². The van der Waals surface area contributed by atoms with Gasteiger partial charge in [0.05, 0.1) is 28.5 Å². The Kier molecular flexibility index (Phi) is 5.10. The van der Waals surface area contributed by atoms with E-state index in [9.17, 15) is 13.6 Å². The number of hydrogen-bond acceptors (Lipinski definition) is 4. The lowest BCUT2D eigenvalue weighted by Gasteiger charge is -2.32. The summed E-state index contributed by atoms with van der Waals surface area (Å²) in [6.45, 7) is 13.5. The highest BCUT2D eigenvalue weighted by atomic mass is 19.1. The van der Waals surface area contributed by atoms with Crippen LogP contribution in [0.4, 0.5) is 8.78 Å². The van der Waals surface area contributed by atoms with Crippen LogP contribution in [0, 0.1) is 11.6 Å². The van der Waals surface area contributed by atoms with Gasteiger partial charge < -0.3 is 9.31 Å². The van der Waals surface area contributed by atoms with Crippen molar-refractivity contribution in [2.24, 2.45) is 0 Å². The summed E-state index contributed by atoms with van der Waals surface area (Å²) in [5.74, 6) is -1.21. The quantitative estimate of drug-likeness (QED) is 0.559. The molecule has 3 aromatic rings. The fourth-order valence-electron chi connectivity index (χ4n) is 3.68. The summed E-state index contributed by atoms with van der Waals surface area (Å²) in [4.78, 5) is 13.1. The molecule has 2 heterocycles. The van der Waals surface area contributed by atoms with E-state index in [2.05, 4.69) is 5.10 Å². The maximum absolute atomic E-state index is 15.0. The SMILES string of the molecule is CC(C)(C)c1cc(F)c2c(=O)n(-c3cc(F)cc(B4OC(C)(C)C(C)(C)O4)c3)ncc2c1. The molecule has 0 unspecified atom stereocenters. The first-order chi connectivity index (χ1) is 14.7. The third-order valence-electron chi connectivity index (χ3n) is 6.38. The Balaban J connectivity index is 1.83. The first-order valence-electron chi connectivity index (χ1n) is 10.6. The fraction of sp³-hybridized carbons (Fsp3) is 0.417. The third-order valence-corrected chi connectivity index (χ3v) is 6.38. The Morgan fingerprint density at radius 2 is 1.59 bits per heavy atom. The largest absolute Gasteiger partial charge is 0.495 e. The molecular weight excluding hydrogens is 413 g/mol. The van der Waals surface area contributed by atoms with Crippen molar-refractivity contribution < 1.29 is 18.1 Å².